The molecule has 0 unspecified atom stereocenters. The van der Waals surface area contributed by atoms with Crippen LogP contribution in [0.1, 0.15) is 22.8 Å². The molecule has 0 fully saturated rings. The van der Waals surface area contributed by atoms with Crippen LogP contribution in [0.2, 0.25) is 0 Å². The maximum Gasteiger partial charge on any atom is 0.159 e. The molecule has 0 spiro atoms. The summed E-state index contributed by atoms with van der Waals surface area (Å²) in [4.78, 5) is 10.9. The highest BCUT2D eigenvalue weighted by atomic mass is 32.1. The lowest BCUT2D eigenvalue weighted by atomic mass is 10.1. The molecule has 0 aliphatic carbocycles. The van der Waals surface area contributed by atoms with Crippen molar-refractivity contribution in [3.8, 4) is 0 Å². The van der Waals surface area contributed by atoms with Crippen LogP contribution in [0.25, 0.3) is 0 Å². The van der Waals surface area contributed by atoms with E-state index in [1.54, 1.807) is 19.1 Å². The Hall–Kier alpha value is -1.09. The first-order valence-corrected chi connectivity index (χ1v) is 3.99. The summed E-state index contributed by atoms with van der Waals surface area (Å²) in [6, 6.07) is 7.31. The summed E-state index contributed by atoms with van der Waals surface area (Å²) in [6.07, 6.45) is 0. The number of rotatable bonds is 3. The zero-order valence-electron chi connectivity index (χ0n) is 6.78. The van der Waals surface area contributed by atoms with Gasteiger partial charge in [0.2, 0.25) is 0 Å². The fourth-order valence-electron chi connectivity index (χ4n) is 0.919. The Morgan fingerprint density at radius 1 is 1.42 bits per heavy atom. The third-order valence-corrected chi connectivity index (χ3v) is 1.74. The van der Waals surface area contributed by atoms with Gasteiger partial charge in [0.05, 0.1) is 6.54 Å². The average Bonchev–Trinajstić information content (AvgIpc) is 2.06. The van der Waals surface area contributed by atoms with E-state index in [0.29, 0.717) is 6.54 Å². The number of Topliss-reactive ketones (excluding diaryl/α,β-unsaturated/α-hetero) is 1. The molecule has 0 amide bonds. The lowest BCUT2D eigenvalue weighted by Gasteiger charge is -1.96. The molecule has 0 saturated heterocycles. The predicted octanol–water partition coefficient (Wildman–Crippen LogP) is 2.12. The summed E-state index contributed by atoms with van der Waals surface area (Å²) in [7, 11) is 0. The molecule has 2 nitrogen and oxygen atoms in total. The van der Waals surface area contributed by atoms with E-state index in [9.17, 15) is 4.79 Å². The van der Waals surface area contributed by atoms with Crippen molar-refractivity contribution in [3.63, 3.8) is 0 Å². The van der Waals surface area contributed by atoms with Crippen LogP contribution in [0.4, 0.5) is 0 Å². The fourth-order valence-corrected chi connectivity index (χ4v) is 1.07. The molecule has 0 atom stereocenters. The van der Waals surface area contributed by atoms with Crippen molar-refractivity contribution in [1.82, 2.24) is 0 Å². The molecule has 0 saturated carbocycles. The molecule has 0 N–H and O–H groups in total. The summed E-state index contributed by atoms with van der Waals surface area (Å²) >= 11 is 4.48. The summed E-state index contributed by atoms with van der Waals surface area (Å²) in [6.45, 7) is 2.08. The second-order valence-corrected chi connectivity index (χ2v) is 2.80. The van der Waals surface area contributed by atoms with E-state index in [-0.39, 0.29) is 5.78 Å². The van der Waals surface area contributed by atoms with Gasteiger partial charge in [-0.2, -0.15) is 0 Å². The summed E-state index contributed by atoms with van der Waals surface area (Å²) in [5, 5.41) is 0. The molecule has 0 aliphatic heterocycles. The quantitative estimate of drug-likeness (QED) is 0.665. The number of hydrogen-bond acceptors (Lipinski definition) is 3. The molecule has 62 valence electrons. The largest absolute Gasteiger partial charge is 0.295 e. The Morgan fingerprint density at radius 3 is 2.42 bits per heavy atom. The minimum atomic E-state index is 0.0804. The van der Waals surface area contributed by atoms with E-state index in [2.05, 4.69) is 16.8 Å². The Labute approximate surface area is 76.8 Å². The van der Waals surface area contributed by atoms with Crippen molar-refractivity contribution in [2.75, 3.05) is 0 Å². The third kappa shape index (κ3) is 2.20. The second kappa shape index (κ2) is 4.07. The zero-order valence-corrected chi connectivity index (χ0v) is 7.60. The molecule has 0 aromatic heterocycles. The Balaban J connectivity index is 2.85. The summed E-state index contributed by atoms with van der Waals surface area (Å²) in [5.74, 6) is 0.0804. The predicted molar refractivity (Wildman–Crippen MR) is 49.9 cm³/mol. The van der Waals surface area contributed by atoms with Gasteiger partial charge in [-0.05, 0) is 12.5 Å². The molecule has 0 radical (unpaired) electrons. The van der Waals surface area contributed by atoms with Crippen LogP contribution < -0.4 is 0 Å². The molecule has 3 heteroatoms. The summed E-state index contributed by atoms with van der Waals surface area (Å²) in [5.41, 5.74) is 1.76. The van der Waals surface area contributed by atoms with Gasteiger partial charge in [0, 0.05) is 18.0 Å². The monoisotopic (exact) mass is 179 g/mol. The molecule has 0 heterocycles. The van der Waals surface area contributed by atoms with Gasteiger partial charge in [0.15, 0.2) is 5.78 Å². The van der Waals surface area contributed by atoms with E-state index in [0.717, 1.165) is 11.1 Å². The molecular weight excluding hydrogens is 170 g/mol. The molecule has 1 aromatic carbocycles. The maximum atomic E-state index is 10.9. The van der Waals surface area contributed by atoms with Crippen LogP contribution in [0.5, 0.6) is 0 Å². The molecule has 12 heavy (non-hydrogen) atoms. The van der Waals surface area contributed by atoms with E-state index >= 15 is 0 Å². The number of nitrogens with zero attached hydrogens (tertiary/aromatic N) is 1. The van der Waals surface area contributed by atoms with Crippen molar-refractivity contribution in [3.05, 3.63) is 35.4 Å². The highest BCUT2D eigenvalue weighted by Crippen LogP contribution is 2.05. The zero-order chi connectivity index (χ0) is 8.97. The lowest BCUT2D eigenvalue weighted by Crippen LogP contribution is -1.91. The number of carbonyl (C=O) groups excluding carboxylic acids is 1. The van der Waals surface area contributed by atoms with Crippen LogP contribution in [0.3, 0.4) is 0 Å². The first kappa shape index (κ1) is 9.00. The van der Waals surface area contributed by atoms with Crippen molar-refractivity contribution >= 4 is 18.2 Å². The van der Waals surface area contributed by atoms with Gasteiger partial charge in [-0.15, -0.1) is 0 Å². The molecule has 0 bridgehead atoms. The smallest absolute Gasteiger partial charge is 0.159 e. The second-order valence-electron chi connectivity index (χ2n) is 2.54. The number of ketones is 1. The van der Waals surface area contributed by atoms with Crippen LogP contribution in [0.15, 0.2) is 28.6 Å². The van der Waals surface area contributed by atoms with Crippen molar-refractivity contribution in [2.24, 2.45) is 4.36 Å². The minimum absolute atomic E-state index is 0.0804. The van der Waals surface area contributed by atoms with Crippen molar-refractivity contribution in [1.29, 1.82) is 0 Å². The van der Waals surface area contributed by atoms with Gasteiger partial charge >= 0.3 is 0 Å². The standard InChI is InChI=1S/C9H9NOS/c1-7(11)9-4-2-8(3-5-9)6-10-12/h2-5H,6H2,1H3. The summed E-state index contributed by atoms with van der Waals surface area (Å²) < 4.78 is 3.58. The van der Waals surface area contributed by atoms with E-state index in [1.807, 2.05) is 12.1 Å². The van der Waals surface area contributed by atoms with Crippen molar-refractivity contribution < 1.29 is 4.79 Å². The van der Waals surface area contributed by atoms with E-state index in [4.69, 9.17) is 0 Å². The van der Waals surface area contributed by atoms with Gasteiger partial charge in [0.25, 0.3) is 0 Å². The molecule has 1 aromatic rings. The first-order valence-electron chi connectivity index (χ1n) is 3.63. The number of hydrogen-bond donors (Lipinski definition) is 0. The van der Waals surface area contributed by atoms with Crippen molar-refractivity contribution in [2.45, 2.75) is 13.5 Å². The Bertz CT molecular complexity index is 292. The maximum absolute atomic E-state index is 10.9. The van der Waals surface area contributed by atoms with Crippen LogP contribution >= 0.6 is 0 Å². The molecule has 0 aliphatic rings. The lowest BCUT2D eigenvalue weighted by molar-refractivity contribution is 0.101. The highest BCUT2D eigenvalue weighted by molar-refractivity contribution is 7.47. The SMILES string of the molecule is CC(=O)c1ccc(CN=S)cc1. The molecule has 1 rings (SSSR count). The average molecular weight is 179 g/mol. The van der Waals surface area contributed by atoms with Crippen LogP contribution in [0, 0.1) is 0 Å². The fraction of sp³-hybridized carbons (Fsp3) is 0.222. The topological polar surface area (TPSA) is 29.4 Å². The van der Waals surface area contributed by atoms with E-state index < -0.39 is 0 Å². The van der Waals surface area contributed by atoms with Gasteiger partial charge in [-0.25, -0.2) is 4.36 Å². The van der Waals surface area contributed by atoms with Gasteiger partial charge < -0.3 is 0 Å². The molecular formula is C9H9NOS. The first-order chi connectivity index (χ1) is 5.74. The van der Waals surface area contributed by atoms with Gasteiger partial charge in [-0.1, -0.05) is 24.3 Å². The number of benzene rings is 1. The van der Waals surface area contributed by atoms with Crippen LogP contribution in [-0.2, 0) is 19.0 Å². The highest BCUT2D eigenvalue weighted by Gasteiger charge is 1.97. The Morgan fingerprint density at radius 2 is 2.00 bits per heavy atom. The normalized spacial score (nSPS) is 9.42. The van der Waals surface area contributed by atoms with Crippen LogP contribution in [-0.4, -0.2) is 5.78 Å². The number of carbonyl (C=O) groups is 1. The Kier molecular flexibility index (Phi) is 3.05. The van der Waals surface area contributed by atoms with Gasteiger partial charge in [-0.3, -0.25) is 4.79 Å². The van der Waals surface area contributed by atoms with Gasteiger partial charge in [0.1, 0.15) is 0 Å². The van der Waals surface area contributed by atoms with E-state index in [1.165, 1.54) is 0 Å². The third-order valence-electron chi connectivity index (χ3n) is 1.61. The minimum Gasteiger partial charge on any atom is -0.295 e.